The second kappa shape index (κ2) is 9.39. The largest absolute Gasteiger partial charge is 0.493 e. The van der Waals surface area contributed by atoms with Crippen molar-refractivity contribution in [3.05, 3.63) is 23.3 Å². The summed E-state index contributed by atoms with van der Waals surface area (Å²) in [5.74, 6) is 1.16. The van der Waals surface area contributed by atoms with Crippen molar-refractivity contribution in [1.29, 1.82) is 0 Å². The Morgan fingerprint density at radius 3 is 2.32 bits per heavy atom. The van der Waals surface area contributed by atoms with Crippen LogP contribution in [0.1, 0.15) is 29.8 Å². The van der Waals surface area contributed by atoms with Crippen LogP contribution < -0.4 is 9.47 Å². The molecule has 0 unspecified atom stereocenters. The molecule has 0 fully saturated rings. The lowest BCUT2D eigenvalue weighted by molar-refractivity contribution is 0.111. The van der Waals surface area contributed by atoms with Crippen molar-refractivity contribution in [3.8, 4) is 11.5 Å². The molecule has 0 saturated heterocycles. The average Bonchev–Trinajstić information content (AvgIpc) is 2.41. The summed E-state index contributed by atoms with van der Waals surface area (Å²) in [6.07, 6.45) is 0.785. The molecule has 0 atom stereocenters. The molecule has 0 bridgehead atoms. The van der Waals surface area contributed by atoms with Gasteiger partial charge in [-0.1, -0.05) is 19.9 Å². The zero-order chi connectivity index (χ0) is 14.8. The molecule has 0 amide bonds. The van der Waals surface area contributed by atoms with Gasteiger partial charge in [0.25, 0.3) is 0 Å². The molecule has 1 rings (SSSR count). The Hall–Kier alpha value is -1.55. The number of rotatable bonds is 6. The monoisotopic (exact) mass is 267 g/mol. The minimum Gasteiger partial charge on any atom is -0.493 e. The van der Waals surface area contributed by atoms with Crippen LogP contribution in [-0.4, -0.2) is 45.5 Å². The highest BCUT2D eigenvalue weighted by atomic mass is 16.5. The van der Waals surface area contributed by atoms with Crippen molar-refractivity contribution in [2.75, 3.05) is 34.4 Å². The quantitative estimate of drug-likeness (QED) is 0.743. The smallest absolute Gasteiger partial charge is 0.171 e. The lowest BCUT2D eigenvalue weighted by atomic mass is 10.1. The highest BCUT2D eigenvalue weighted by Gasteiger charge is 2.13. The first kappa shape index (κ1) is 17.4. The third-order valence-corrected chi connectivity index (χ3v) is 2.46. The van der Waals surface area contributed by atoms with Crippen LogP contribution in [0.4, 0.5) is 0 Å². The van der Waals surface area contributed by atoms with E-state index in [0.717, 1.165) is 18.4 Å². The molecule has 0 aliphatic carbocycles. The number of aldehydes is 1. The standard InChI is InChI=1S/C13H19NO3.C2H6/c1-10-5-6-11(9-15)13(12(10)16-4)17-8-7-14(2)3;1-2/h5-6,9H,7-8H2,1-4H3;1-2H3. The number of benzene rings is 1. The summed E-state index contributed by atoms with van der Waals surface area (Å²) >= 11 is 0. The highest BCUT2D eigenvalue weighted by Crippen LogP contribution is 2.33. The van der Waals surface area contributed by atoms with E-state index in [2.05, 4.69) is 0 Å². The van der Waals surface area contributed by atoms with Crippen molar-refractivity contribution >= 4 is 6.29 Å². The molecule has 1 aromatic carbocycles. The average molecular weight is 267 g/mol. The lowest BCUT2D eigenvalue weighted by Crippen LogP contribution is -2.20. The van der Waals surface area contributed by atoms with Gasteiger partial charge >= 0.3 is 0 Å². The third-order valence-electron chi connectivity index (χ3n) is 2.46. The van der Waals surface area contributed by atoms with Crippen LogP contribution in [0.25, 0.3) is 0 Å². The first-order valence-corrected chi connectivity index (χ1v) is 6.50. The maximum Gasteiger partial charge on any atom is 0.171 e. The van der Waals surface area contributed by atoms with Crippen LogP contribution in [0.3, 0.4) is 0 Å². The molecule has 0 N–H and O–H groups in total. The summed E-state index contributed by atoms with van der Waals surface area (Å²) in [5, 5.41) is 0. The molecular formula is C15H25NO3. The van der Waals surface area contributed by atoms with Crippen molar-refractivity contribution in [2.45, 2.75) is 20.8 Å². The van der Waals surface area contributed by atoms with Gasteiger partial charge in [-0.2, -0.15) is 0 Å². The van der Waals surface area contributed by atoms with E-state index in [-0.39, 0.29) is 0 Å². The Balaban J connectivity index is 0.00000154. The van der Waals surface area contributed by atoms with Crippen LogP contribution in [0.15, 0.2) is 12.1 Å². The molecule has 0 aliphatic rings. The molecule has 0 heterocycles. The fourth-order valence-corrected chi connectivity index (χ4v) is 1.50. The van der Waals surface area contributed by atoms with Gasteiger partial charge in [-0.25, -0.2) is 0 Å². The maximum absolute atomic E-state index is 11.0. The van der Waals surface area contributed by atoms with E-state index >= 15 is 0 Å². The zero-order valence-corrected chi connectivity index (χ0v) is 12.8. The maximum atomic E-state index is 11.0. The minimum absolute atomic E-state index is 0.520. The number of hydrogen-bond donors (Lipinski definition) is 0. The number of likely N-dealkylation sites (N-methyl/N-ethyl adjacent to an activating group) is 1. The van der Waals surface area contributed by atoms with E-state index in [4.69, 9.17) is 9.47 Å². The summed E-state index contributed by atoms with van der Waals surface area (Å²) in [4.78, 5) is 13.0. The first-order chi connectivity index (χ1) is 9.10. The zero-order valence-electron chi connectivity index (χ0n) is 12.8. The summed E-state index contributed by atoms with van der Waals surface area (Å²) < 4.78 is 10.9. The summed E-state index contributed by atoms with van der Waals surface area (Å²) in [7, 11) is 5.52. The van der Waals surface area contributed by atoms with Gasteiger partial charge in [0.15, 0.2) is 17.8 Å². The molecule has 0 saturated carbocycles. The lowest BCUT2D eigenvalue weighted by Gasteiger charge is -2.16. The number of hydrogen-bond acceptors (Lipinski definition) is 4. The Morgan fingerprint density at radius 2 is 1.84 bits per heavy atom. The SMILES string of the molecule is CC.COc1c(C)ccc(C=O)c1OCCN(C)C. The summed E-state index contributed by atoms with van der Waals surface area (Å²) in [6.45, 7) is 7.23. The van der Waals surface area contributed by atoms with Crippen molar-refractivity contribution in [2.24, 2.45) is 0 Å². The normalized spacial score (nSPS) is 9.63. The molecular weight excluding hydrogens is 242 g/mol. The van der Waals surface area contributed by atoms with E-state index < -0.39 is 0 Å². The number of carbonyl (C=O) groups excluding carboxylic acids is 1. The fraction of sp³-hybridized carbons (Fsp3) is 0.533. The third kappa shape index (κ3) is 5.30. The highest BCUT2D eigenvalue weighted by molar-refractivity contribution is 5.81. The predicted molar refractivity (Wildman–Crippen MR) is 78.5 cm³/mol. The second-order valence-corrected chi connectivity index (χ2v) is 4.10. The Labute approximate surface area is 116 Å². The van der Waals surface area contributed by atoms with Crippen LogP contribution >= 0.6 is 0 Å². The minimum atomic E-state index is 0.520. The number of carbonyl (C=O) groups is 1. The van der Waals surface area contributed by atoms with E-state index in [0.29, 0.717) is 23.7 Å². The van der Waals surface area contributed by atoms with Gasteiger partial charge in [0.05, 0.1) is 12.7 Å². The van der Waals surface area contributed by atoms with Gasteiger partial charge in [0, 0.05) is 6.54 Å². The molecule has 0 radical (unpaired) electrons. The molecule has 1 aromatic rings. The Bertz CT molecular complexity index is 389. The molecule has 4 nitrogen and oxygen atoms in total. The molecule has 4 heteroatoms. The number of methoxy groups -OCH3 is 1. The summed E-state index contributed by atoms with van der Waals surface area (Å²) in [6, 6.07) is 3.59. The van der Waals surface area contributed by atoms with Crippen LogP contribution in [0, 0.1) is 6.92 Å². The van der Waals surface area contributed by atoms with E-state index in [9.17, 15) is 4.79 Å². The molecule has 108 valence electrons. The number of nitrogens with zero attached hydrogens (tertiary/aromatic N) is 1. The fourth-order valence-electron chi connectivity index (χ4n) is 1.50. The number of aryl methyl sites for hydroxylation is 1. The topological polar surface area (TPSA) is 38.8 Å². The van der Waals surface area contributed by atoms with Crippen molar-refractivity contribution in [1.82, 2.24) is 4.90 Å². The van der Waals surface area contributed by atoms with Gasteiger partial charge < -0.3 is 14.4 Å². The van der Waals surface area contributed by atoms with E-state index in [1.165, 1.54) is 0 Å². The van der Waals surface area contributed by atoms with Crippen molar-refractivity contribution < 1.29 is 14.3 Å². The first-order valence-electron chi connectivity index (χ1n) is 6.50. The predicted octanol–water partition coefficient (Wildman–Crippen LogP) is 2.78. The summed E-state index contributed by atoms with van der Waals surface area (Å²) in [5.41, 5.74) is 1.48. The Kier molecular flexibility index (Phi) is 8.62. The van der Waals surface area contributed by atoms with Gasteiger partial charge in [0.2, 0.25) is 0 Å². The van der Waals surface area contributed by atoms with Crippen molar-refractivity contribution in [3.63, 3.8) is 0 Å². The second-order valence-electron chi connectivity index (χ2n) is 4.10. The molecule has 0 aromatic heterocycles. The van der Waals surface area contributed by atoms with Crippen LogP contribution in [-0.2, 0) is 0 Å². The van der Waals surface area contributed by atoms with E-state index in [1.54, 1.807) is 13.2 Å². The molecule has 0 aliphatic heterocycles. The Morgan fingerprint density at radius 1 is 1.21 bits per heavy atom. The van der Waals surface area contributed by atoms with Gasteiger partial charge in [0.1, 0.15) is 6.61 Å². The molecule has 19 heavy (non-hydrogen) atoms. The van der Waals surface area contributed by atoms with E-state index in [1.807, 2.05) is 45.8 Å². The number of ether oxygens (including phenoxy) is 2. The van der Waals surface area contributed by atoms with Crippen LogP contribution in [0.5, 0.6) is 11.5 Å². The van der Waals surface area contributed by atoms with Crippen LogP contribution in [0.2, 0.25) is 0 Å². The van der Waals surface area contributed by atoms with Gasteiger partial charge in [-0.05, 0) is 32.6 Å². The van der Waals surface area contributed by atoms with Gasteiger partial charge in [-0.15, -0.1) is 0 Å². The molecule has 0 spiro atoms. The van der Waals surface area contributed by atoms with Gasteiger partial charge in [-0.3, -0.25) is 4.79 Å².